The SMILES string of the molecule is CCc1ccccc1C(O)Cc1ccc(C(=O)O)cc1. The van der Waals surface area contributed by atoms with E-state index in [0.717, 1.165) is 23.1 Å². The van der Waals surface area contributed by atoms with E-state index in [1.165, 1.54) is 0 Å². The molecule has 0 fully saturated rings. The standard InChI is InChI=1S/C17H18O3/c1-2-13-5-3-4-6-15(13)16(18)11-12-7-9-14(10-8-12)17(19)20/h3-10,16,18H,2,11H2,1H3,(H,19,20). The molecule has 2 N–H and O–H groups in total. The summed E-state index contributed by atoms with van der Waals surface area (Å²) in [5.74, 6) is -0.937. The Bertz CT molecular complexity index is 587. The maximum Gasteiger partial charge on any atom is 0.335 e. The summed E-state index contributed by atoms with van der Waals surface area (Å²) < 4.78 is 0. The first-order chi connectivity index (χ1) is 9.61. The van der Waals surface area contributed by atoms with Gasteiger partial charge in [-0.25, -0.2) is 4.79 Å². The van der Waals surface area contributed by atoms with Gasteiger partial charge in [0.25, 0.3) is 0 Å². The number of aryl methyl sites for hydroxylation is 1. The molecule has 0 spiro atoms. The number of aliphatic hydroxyl groups is 1. The molecule has 0 amide bonds. The third kappa shape index (κ3) is 3.25. The van der Waals surface area contributed by atoms with Crippen LogP contribution in [0.5, 0.6) is 0 Å². The van der Waals surface area contributed by atoms with Crippen LogP contribution in [0.15, 0.2) is 48.5 Å². The molecule has 3 heteroatoms. The van der Waals surface area contributed by atoms with E-state index in [2.05, 4.69) is 6.92 Å². The third-order valence-electron chi connectivity index (χ3n) is 3.42. The van der Waals surface area contributed by atoms with Crippen molar-refractivity contribution in [1.82, 2.24) is 0 Å². The van der Waals surface area contributed by atoms with E-state index in [4.69, 9.17) is 5.11 Å². The minimum atomic E-state index is -0.937. The number of carboxylic acids is 1. The molecule has 1 unspecified atom stereocenters. The van der Waals surface area contributed by atoms with Crippen LogP contribution in [0.1, 0.15) is 40.1 Å². The Hall–Kier alpha value is -2.13. The van der Waals surface area contributed by atoms with Gasteiger partial charge in [0.1, 0.15) is 0 Å². The first-order valence-electron chi connectivity index (χ1n) is 6.70. The van der Waals surface area contributed by atoms with Crippen LogP contribution in [0.25, 0.3) is 0 Å². The monoisotopic (exact) mass is 270 g/mol. The third-order valence-corrected chi connectivity index (χ3v) is 3.42. The van der Waals surface area contributed by atoms with Crippen LogP contribution in [0.2, 0.25) is 0 Å². The lowest BCUT2D eigenvalue weighted by Crippen LogP contribution is -2.05. The van der Waals surface area contributed by atoms with Crippen LogP contribution in [-0.4, -0.2) is 16.2 Å². The fraction of sp³-hybridized carbons (Fsp3) is 0.235. The molecule has 0 saturated carbocycles. The van der Waals surface area contributed by atoms with Crippen LogP contribution in [0.3, 0.4) is 0 Å². The Morgan fingerprint density at radius 2 is 1.75 bits per heavy atom. The largest absolute Gasteiger partial charge is 0.478 e. The second-order valence-electron chi connectivity index (χ2n) is 4.77. The summed E-state index contributed by atoms with van der Waals surface area (Å²) in [7, 11) is 0. The smallest absolute Gasteiger partial charge is 0.335 e. The quantitative estimate of drug-likeness (QED) is 0.877. The van der Waals surface area contributed by atoms with Gasteiger partial charge in [0.2, 0.25) is 0 Å². The molecule has 1 atom stereocenters. The van der Waals surface area contributed by atoms with Crippen LogP contribution >= 0.6 is 0 Å². The first kappa shape index (κ1) is 14.3. The molecule has 104 valence electrons. The Labute approximate surface area is 118 Å². The fourth-order valence-corrected chi connectivity index (χ4v) is 2.30. The second kappa shape index (κ2) is 6.35. The Morgan fingerprint density at radius 3 is 2.35 bits per heavy atom. The van der Waals surface area contributed by atoms with Gasteiger partial charge in [0.05, 0.1) is 11.7 Å². The zero-order valence-electron chi connectivity index (χ0n) is 11.4. The van der Waals surface area contributed by atoms with Crippen molar-refractivity contribution in [3.8, 4) is 0 Å². The Kier molecular flexibility index (Phi) is 4.53. The molecule has 0 radical (unpaired) electrons. The normalized spacial score (nSPS) is 12.1. The lowest BCUT2D eigenvalue weighted by atomic mass is 9.95. The molecule has 3 nitrogen and oxygen atoms in total. The van der Waals surface area contributed by atoms with E-state index in [-0.39, 0.29) is 5.56 Å². The summed E-state index contributed by atoms with van der Waals surface area (Å²) in [6.45, 7) is 2.06. The predicted molar refractivity (Wildman–Crippen MR) is 77.9 cm³/mol. The summed E-state index contributed by atoms with van der Waals surface area (Å²) in [4.78, 5) is 10.8. The lowest BCUT2D eigenvalue weighted by Gasteiger charge is -2.15. The zero-order valence-corrected chi connectivity index (χ0v) is 11.4. The molecule has 2 aromatic carbocycles. The number of hydrogen-bond acceptors (Lipinski definition) is 2. The topological polar surface area (TPSA) is 57.5 Å². The number of aliphatic hydroxyl groups excluding tert-OH is 1. The number of hydrogen-bond donors (Lipinski definition) is 2. The number of benzene rings is 2. The maximum atomic E-state index is 10.8. The molecule has 0 aliphatic rings. The molecule has 0 heterocycles. The highest BCUT2D eigenvalue weighted by Gasteiger charge is 2.12. The van der Waals surface area contributed by atoms with E-state index in [1.807, 2.05) is 24.3 Å². The number of carboxylic acid groups (broad SMARTS) is 1. The Balaban J connectivity index is 2.14. The van der Waals surface area contributed by atoms with Gasteiger partial charge in [-0.05, 0) is 35.2 Å². The molecule has 0 aliphatic carbocycles. The average Bonchev–Trinajstić information content (AvgIpc) is 2.47. The molecule has 0 aromatic heterocycles. The fourth-order valence-electron chi connectivity index (χ4n) is 2.30. The summed E-state index contributed by atoms with van der Waals surface area (Å²) in [6, 6.07) is 14.5. The van der Waals surface area contributed by atoms with Gasteiger partial charge in [-0.2, -0.15) is 0 Å². The molecule has 0 saturated heterocycles. The van der Waals surface area contributed by atoms with E-state index < -0.39 is 12.1 Å². The van der Waals surface area contributed by atoms with Crippen LogP contribution in [0.4, 0.5) is 0 Å². The van der Waals surface area contributed by atoms with Crippen LogP contribution in [0, 0.1) is 0 Å². The highest BCUT2D eigenvalue weighted by Crippen LogP contribution is 2.22. The van der Waals surface area contributed by atoms with Crippen molar-refractivity contribution in [1.29, 1.82) is 0 Å². The van der Waals surface area contributed by atoms with E-state index in [9.17, 15) is 9.90 Å². The average molecular weight is 270 g/mol. The number of carbonyl (C=O) groups is 1. The van der Waals surface area contributed by atoms with Gasteiger partial charge in [-0.1, -0.05) is 43.3 Å². The van der Waals surface area contributed by atoms with Gasteiger partial charge in [0.15, 0.2) is 0 Å². The summed E-state index contributed by atoms with van der Waals surface area (Å²) in [6.07, 6.45) is 0.795. The molecule has 20 heavy (non-hydrogen) atoms. The van der Waals surface area contributed by atoms with Crippen LogP contribution in [-0.2, 0) is 12.8 Å². The molecule has 2 aromatic rings. The molecular weight excluding hydrogens is 252 g/mol. The van der Waals surface area contributed by atoms with Crippen molar-refractivity contribution >= 4 is 5.97 Å². The summed E-state index contributed by atoms with van der Waals surface area (Å²) in [5.41, 5.74) is 3.27. The Morgan fingerprint density at radius 1 is 1.10 bits per heavy atom. The molecule has 0 aliphatic heterocycles. The highest BCUT2D eigenvalue weighted by atomic mass is 16.4. The van der Waals surface area contributed by atoms with Crippen LogP contribution < -0.4 is 0 Å². The predicted octanol–water partition coefficient (Wildman–Crippen LogP) is 3.22. The van der Waals surface area contributed by atoms with Gasteiger partial charge in [-0.15, -0.1) is 0 Å². The van der Waals surface area contributed by atoms with E-state index >= 15 is 0 Å². The van der Waals surface area contributed by atoms with Crippen molar-refractivity contribution in [2.24, 2.45) is 0 Å². The van der Waals surface area contributed by atoms with Gasteiger partial charge >= 0.3 is 5.97 Å². The molecular formula is C17H18O3. The minimum Gasteiger partial charge on any atom is -0.478 e. The van der Waals surface area contributed by atoms with E-state index in [0.29, 0.717) is 6.42 Å². The van der Waals surface area contributed by atoms with Gasteiger partial charge in [0, 0.05) is 6.42 Å². The first-order valence-corrected chi connectivity index (χ1v) is 6.70. The summed E-state index contributed by atoms with van der Waals surface area (Å²) in [5, 5.41) is 19.2. The van der Waals surface area contributed by atoms with Crippen molar-refractivity contribution in [3.05, 3.63) is 70.8 Å². The van der Waals surface area contributed by atoms with Gasteiger partial charge < -0.3 is 10.2 Å². The highest BCUT2D eigenvalue weighted by molar-refractivity contribution is 5.87. The van der Waals surface area contributed by atoms with Gasteiger partial charge in [-0.3, -0.25) is 0 Å². The summed E-state index contributed by atoms with van der Waals surface area (Å²) >= 11 is 0. The molecule has 0 bridgehead atoms. The maximum absolute atomic E-state index is 10.8. The van der Waals surface area contributed by atoms with Crippen molar-refractivity contribution < 1.29 is 15.0 Å². The second-order valence-corrected chi connectivity index (χ2v) is 4.77. The minimum absolute atomic E-state index is 0.261. The number of aromatic carboxylic acids is 1. The van der Waals surface area contributed by atoms with Crippen molar-refractivity contribution in [2.45, 2.75) is 25.9 Å². The molecule has 2 rings (SSSR count). The number of rotatable bonds is 5. The zero-order chi connectivity index (χ0) is 14.5. The van der Waals surface area contributed by atoms with Crippen molar-refractivity contribution in [3.63, 3.8) is 0 Å². The lowest BCUT2D eigenvalue weighted by molar-refractivity contribution is 0.0697. The van der Waals surface area contributed by atoms with E-state index in [1.54, 1.807) is 24.3 Å². The van der Waals surface area contributed by atoms with Crippen molar-refractivity contribution in [2.75, 3.05) is 0 Å².